The third kappa shape index (κ3) is 2.78. The summed E-state index contributed by atoms with van der Waals surface area (Å²) in [5, 5.41) is 1.39. The van der Waals surface area contributed by atoms with Crippen LogP contribution >= 0.6 is 11.6 Å². The topological polar surface area (TPSA) is 42.9 Å². The van der Waals surface area contributed by atoms with E-state index >= 15 is 0 Å². The molecule has 2 aromatic heterocycles. The number of halogens is 1. The summed E-state index contributed by atoms with van der Waals surface area (Å²) in [6.45, 7) is 1.89. The first-order valence-corrected chi connectivity index (χ1v) is 7.01. The molecule has 0 atom stereocenters. The van der Waals surface area contributed by atoms with E-state index in [2.05, 4.69) is 9.97 Å². The summed E-state index contributed by atoms with van der Waals surface area (Å²) in [7, 11) is 0. The van der Waals surface area contributed by atoms with Crippen molar-refractivity contribution in [1.82, 2.24) is 9.97 Å². The zero-order valence-electron chi connectivity index (χ0n) is 11.5. The van der Waals surface area contributed by atoms with Crippen molar-refractivity contribution in [2.75, 3.05) is 0 Å². The lowest BCUT2D eigenvalue weighted by Crippen LogP contribution is -2.06. The van der Waals surface area contributed by atoms with E-state index in [0.29, 0.717) is 10.6 Å². The Labute approximate surface area is 127 Å². The van der Waals surface area contributed by atoms with Crippen LogP contribution in [0.1, 0.15) is 21.6 Å². The number of ketones is 1. The maximum atomic E-state index is 12.6. The van der Waals surface area contributed by atoms with Crippen LogP contribution in [0.4, 0.5) is 0 Å². The van der Waals surface area contributed by atoms with Crippen LogP contribution in [0.15, 0.2) is 48.8 Å². The maximum absolute atomic E-state index is 12.6. The number of Topliss-reactive ketones (excluding diaryl/α,β-unsaturated/α-hetero) is 1. The van der Waals surface area contributed by atoms with Gasteiger partial charge in [-0.3, -0.25) is 14.8 Å². The van der Waals surface area contributed by atoms with Gasteiger partial charge in [-0.1, -0.05) is 29.8 Å². The molecule has 0 aliphatic rings. The first-order valence-electron chi connectivity index (χ1n) is 6.63. The van der Waals surface area contributed by atoms with Gasteiger partial charge in [0.15, 0.2) is 5.78 Å². The third-order valence-electron chi connectivity index (χ3n) is 3.35. The Balaban J connectivity index is 2.04. The van der Waals surface area contributed by atoms with Crippen molar-refractivity contribution in [2.45, 2.75) is 13.3 Å². The number of rotatable bonds is 3. The molecule has 0 bridgehead atoms. The van der Waals surface area contributed by atoms with Crippen LogP contribution in [-0.2, 0) is 6.42 Å². The lowest BCUT2D eigenvalue weighted by molar-refractivity contribution is 0.0994. The number of nitrogens with zero attached hydrogens (tertiary/aromatic N) is 2. The zero-order chi connectivity index (χ0) is 14.8. The molecule has 3 rings (SSSR count). The van der Waals surface area contributed by atoms with Crippen molar-refractivity contribution < 1.29 is 4.79 Å². The van der Waals surface area contributed by atoms with Crippen molar-refractivity contribution >= 4 is 28.3 Å². The van der Waals surface area contributed by atoms with Crippen molar-refractivity contribution in [3.63, 3.8) is 0 Å². The van der Waals surface area contributed by atoms with E-state index in [0.717, 1.165) is 22.2 Å². The summed E-state index contributed by atoms with van der Waals surface area (Å²) in [5.41, 5.74) is 3.14. The van der Waals surface area contributed by atoms with Gasteiger partial charge in [-0.05, 0) is 30.7 Å². The summed E-state index contributed by atoms with van der Waals surface area (Å²) in [6, 6.07) is 11.3. The first kappa shape index (κ1) is 13.7. The quantitative estimate of drug-likeness (QED) is 0.686. The standard InChI is InChI=1S/C17H13ClN2O/c1-11-8-14(13-4-2-3-5-16(13)20-11)17(21)9-12-6-7-19-10-15(12)18/h2-8,10H,9H2,1H3. The molecule has 3 aromatic rings. The van der Waals surface area contributed by atoms with Gasteiger partial charge in [0.25, 0.3) is 0 Å². The average Bonchev–Trinajstić information content (AvgIpc) is 2.48. The molecule has 0 saturated heterocycles. The van der Waals surface area contributed by atoms with E-state index in [1.54, 1.807) is 18.5 Å². The van der Waals surface area contributed by atoms with Crippen LogP contribution in [0.25, 0.3) is 10.9 Å². The number of aryl methyl sites for hydroxylation is 1. The summed E-state index contributed by atoms with van der Waals surface area (Å²) in [4.78, 5) is 21.0. The molecule has 0 radical (unpaired) electrons. The highest BCUT2D eigenvalue weighted by Crippen LogP contribution is 2.22. The van der Waals surface area contributed by atoms with Gasteiger partial charge in [-0.15, -0.1) is 0 Å². The number of hydrogen-bond acceptors (Lipinski definition) is 3. The Morgan fingerprint density at radius 2 is 2.05 bits per heavy atom. The van der Waals surface area contributed by atoms with E-state index in [1.165, 1.54) is 0 Å². The maximum Gasteiger partial charge on any atom is 0.168 e. The number of pyridine rings is 2. The summed E-state index contributed by atoms with van der Waals surface area (Å²) in [6.07, 6.45) is 3.46. The highest BCUT2D eigenvalue weighted by Gasteiger charge is 2.14. The molecule has 4 heteroatoms. The first-order chi connectivity index (χ1) is 10.1. The van der Waals surface area contributed by atoms with E-state index in [1.807, 2.05) is 37.3 Å². The van der Waals surface area contributed by atoms with Crippen LogP contribution in [0, 0.1) is 6.92 Å². The van der Waals surface area contributed by atoms with Crippen LogP contribution in [0.2, 0.25) is 5.02 Å². The fourth-order valence-corrected chi connectivity index (χ4v) is 2.54. The predicted molar refractivity (Wildman–Crippen MR) is 83.8 cm³/mol. The minimum atomic E-state index is 0.0322. The molecule has 2 heterocycles. The molecule has 3 nitrogen and oxygen atoms in total. The zero-order valence-corrected chi connectivity index (χ0v) is 12.3. The lowest BCUT2D eigenvalue weighted by Gasteiger charge is -2.08. The van der Waals surface area contributed by atoms with Crippen LogP contribution < -0.4 is 0 Å². The Morgan fingerprint density at radius 1 is 1.24 bits per heavy atom. The SMILES string of the molecule is Cc1cc(C(=O)Cc2ccncc2Cl)c2ccccc2n1. The molecule has 0 spiro atoms. The molecule has 0 fully saturated rings. The van der Waals surface area contributed by atoms with Crippen LogP contribution in [0.3, 0.4) is 0 Å². The van der Waals surface area contributed by atoms with Gasteiger partial charge in [-0.25, -0.2) is 0 Å². The number of carbonyl (C=O) groups excluding carboxylic acids is 1. The molecule has 1 aromatic carbocycles. The Morgan fingerprint density at radius 3 is 2.86 bits per heavy atom. The van der Waals surface area contributed by atoms with Crippen molar-refractivity contribution in [1.29, 1.82) is 0 Å². The normalized spacial score (nSPS) is 10.8. The molecular weight excluding hydrogens is 284 g/mol. The largest absolute Gasteiger partial charge is 0.294 e. The molecule has 0 aliphatic heterocycles. The molecule has 21 heavy (non-hydrogen) atoms. The van der Waals surface area contributed by atoms with Crippen molar-refractivity contribution in [2.24, 2.45) is 0 Å². The number of benzene rings is 1. The van der Waals surface area contributed by atoms with Crippen molar-refractivity contribution in [3.05, 3.63) is 70.6 Å². The Bertz CT molecular complexity index is 830. The van der Waals surface area contributed by atoms with Crippen molar-refractivity contribution in [3.8, 4) is 0 Å². The highest BCUT2D eigenvalue weighted by molar-refractivity contribution is 6.31. The third-order valence-corrected chi connectivity index (χ3v) is 3.69. The van der Waals surface area contributed by atoms with Crippen LogP contribution in [-0.4, -0.2) is 15.8 Å². The fourth-order valence-electron chi connectivity index (χ4n) is 2.35. The van der Waals surface area contributed by atoms with Gasteiger partial charge < -0.3 is 0 Å². The van der Waals surface area contributed by atoms with E-state index in [4.69, 9.17) is 11.6 Å². The number of para-hydroxylation sites is 1. The lowest BCUT2D eigenvalue weighted by atomic mass is 9.99. The second-order valence-corrected chi connectivity index (χ2v) is 5.30. The Kier molecular flexibility index (Phi) is 3.67. The van der Waals surface area contributed by atoms with E-state index in [-0.39, 0.29) is 12.2 Å². The van der Waals surface area contributed by atoms with E-state index in [9.17, 15) is 4.79 Å². The summed E-state index contributed by atoms with van der Waals surface area (Å²) in [5.74, 6) is 0.0322. The molecule has 104 valence electrons. The van der Waals surface area contributed by atoms with Gasteiger partial charge in [0.05, 0.1) is 10.5 Å². The fraction of sp³-hybridized carbons (Fsp3) is 0.118. The molecule has 0 saturated carbocycles. The second-order valence-electron chi connectivity index (χ2n) is 4.90. The monoisotopic (exact) mass is 296 g/mol. The molecule has 0 N–H and O–H groups in total. The van der Waals surface area contributed by atoms with Gasteiger partial charge in [-0.2, -0.15) is 0 Å². The van der Waals surface area contributed by atoms with Gasteiger partial charge in [0.2, 0.25) is 0 Å². The number of hydrogen-bond donors (Lipinski definition) is 0. The second kappa shape index (κ2) is 5.62. The van der Waals surface area contributed by atoms with Gasteiger partial charge in [0, 0.05) is 35.5 Å². The molecule has 0 amide bonds. The minimum Gasteiger partial charge on any atom is -0.294 e. The number of carbonyl (C=O) groups is 1. The number of aromatic nitrogens is 2. The minimum absolute atomic E-state index is 0.0322. The van der Waals surface area contributed by atoms with E-state index < -0.39 is 0 Å². The molecule has 0 unspecified atom stereocenters. The predicted octanol–water partition coefficient (Wildman–Crippen LogP) is 4.02. The summed E-state index contributed by atoms with van der Waals surface area (Å²) >= 11 is 6.08. The van der Waals surface area contributed by atoms with Gasteiger partial charge in [0.1, 0.15) is 0 Å². The van der Waals surface area contributed by atoms with Crippen LogP contribution in [0.5, 0.6) is 0 Å². The average molecular weight is 297 g/mol. The smallest absolute Gasteiger partial charge is 0.168 e. The van der Waals surface area contributed by atoms with Gasteiger partial charge >= 0.3 is 0 Å². The number of fused-ring (bicyclic) bond motifs is 1. The molecule has 0 aliphatic carbocycles. The Hall–Kier alpha value is -2.26. The summed E-state index contributed by atoms with van der Waals surface area (Å²) < 4.78 is 0. The highest BCUT2D eigenvalue weighted by atomic mass is 35.5. The molecular formula is C17H13ClN2O.